The normalized spacial score (nSPS) is 24.1. The van der Waals surface area contributed by atoms with Crippen molar-refractivity contribution in [3.63, 3.8) is 0 Å². The largest absolute Gasteiger partial charge is 0.330 e. The van der Waals surface area contributed by atoms with Crippen LogP contribution in [-0.2, 0) is 0 Å². The highest BCUT2D eigenvalue weighted by Crippen LogP contribution is 2.41. The van der Waals surface area contributed by atoms with E-state index in [9.17, 15) is 8.78 Å². The van der Waals surface area contributed by atoms with Crippen LogP contribution in [0.5, 0.6) is 0 Å². The Morgan fingerprint density at radius 3 is 2.56 bits per heavy atom. The van der Waals surface area contributed by atoms with Crippen LogP contribution in [0.15, 0.2) is 30.3 Å². The van der Waals surface area contributed by atoms with Gasteiger partial charge in [-0.2, -0.15) is 0 Å². The van der Waals surface area contributed by atoms with Gasteiger partial charge in [0.05, 0.1) is 0 Å². The summed E-state index contributed by atoms with van der Waals surface area (Å²) >= 11 is 0. The Kier molecular flexibility index (Phi) is 4.33. The van der Waals surface area contributed by atoms with Gasteiger partial charge in [0.15, 0.2) is 0 Å². The summed E-state index contributed by atoms with van der Waals surface area (Å²) in [6.07, 6.45) is 2.59. The van der Waals surface area contributed by atoms with E-state index in [1.807, 2.05) is 18.2 Å². The van der Waals surface area contributed by atoms with Gasteiger partial charge in [-0.3, -0.25) is 0 Å². The maximum absolute atomic E-state index is 13.1. The Labute approximate surface area is 107 Å². The summed E-state index contributed by atoms with van der Waals surface area (Å²) < 4.78 is 26.2. The zero-order valence-electron chi connectivity index (χ0n) is 10.6. The summed E-state index contributed by atoms with van der Waals surface area (Å²) in [5, 5.41) is 0. The van der Waals surface area contributed by atoms with Gasteiger partial charge >= 0.3 is 0 Å². The van der Waals surface area contributed by atoms with Crippen molar-refractivity contribution in [2.24, 2.45) is 11.7 Å². The topological polar surface area (TPSA) is 26.0 Å². The molecule has 0 spiro atoms. The van der Waals surface area contributed by atoms with Gasteiger partial charge in [-0.25, -0.2) is 8.78 Å². The molecule has 18 heavy (non-hydrogen) atoms. The lowest BCUT2D eigenvalue weighted by molar-refractivity contribution is 0.00458. The van der Waals surface area contributed by atoms with E-state index in [1.54, 1.807) is 0 Å². The van der Waals surface area contributed by atoms with E-state index in [0.717, 1.165) is 12.8 Å². The van der Waals surface area contributed by atoms with Crippen molar-refractivity contribution in [3.05, 3.63) is 35.9 Å². The molecule has 2 unspecified atom stereocenters. The van der Waals surface area contributed by atoms with E-state index < -0.39 is 5.92 Å². The van der Waals surface area contributed by atoms with Gasteiger partial charge in [0.1, 0.15) is 0 Å². The number of hydrogen-bond donors (Lipinski definition) is 1. The molecule has 0 aromatic heterocycles. The summed E-state index contributed by atoms with van der Waals surface area (Å²) in [6.45, 7) is 0.590. The summed E-state index contributed by atoms with van der Waals surface area (Å²) in [7, 11) is 0. The van der Waals surface area contributed by atoms with E-state index in [4.69, 9.17) is 5.73 Å². The van der Waals surface area contributed by atoms with E-state index >= 15 is 0 Å². The molecule has 1 nitrogen and oxygen atoms in total. The molecule has 0 saturated heterocycles. The molecule has 100 valence electrons. The number of hydrogen-bond acceptors (Lipinski definition) is 1. The van der Waals surface area contributed by atoms with E-state index in [0.29, 0.717) is 18.9 Å². The minimum absolute atomic E-state index is 0.0658. The van der Waals surface area contributed by atoms with Crippen molar-refractivity contribution in [1.29, 1.82) is 0 Å². The maximum Gasteiger partial charge on any atom is 0.248 e. The Bertz CT molecular complexity index is 364. The van der Waals surface area contributed by atoms with Crippen LogP contribution in [0, 0.1) is 5.92 Å². The molecular weight excluding hydrogens is 232 g/mol. The molecule has 1 aliphatic rings. The Balaban J connectivity index is 1.85. The highest BCUT2D eigenvalue weighted by molar-refractivity contribution is 5.19. The SMILES string of the molecule is NCC(CCC1CCC(F)(F)C1)c1ccccc1. The predicted molar refractivity (Wildman–Crippen MR) is 69.8 cm³/mol. The monoisotopic (exact) mass is 253 g/mol. The van der Waals surface area contributed by atoms with Gasteiger partial charge in [0.2, 0.25) is 5.92 Å². The number of halogens is 2. The second kappa shape index (κ2) is 5.79. The summed E-state index contributed by atoms with van der Waals surface area (Å²) in [6, 6.07) is 10.1. The summed E-state index contributed by atoms with van der Waals surface area (Å²) in [5.74, 6) is -1.94. The molecular formula is C15H21F2N. The van der Waals surface area contributed by atoms with Gasteiger partial charge in [0.25, 0.3) is 0 Å². The minimum Gasteiger partial charge on any atom is -0.330 e. The standard InChI is InChI=1S/C15H21F2N/c16-15(17)9-8-12(10-15)6-7-14(11-18)13-4-2-1-3-5-13/h1-5,12,14H,6-11,18H2. The van der Waals surface area contributed by atoms with Crippen molar-refractivity contribution >= 4 is 0 Å². The average molecular weight is 253 g/mol. The summed E-state index contributed by atoms with van der Waals surface area (Å²) in [4.78, 5) is 0. The van der Waals surface area contributed by atoms with Gasteiger partial charge in [-0.1, -0.05) is 30.3 Å². The van der Waals surface area contributed by atoms with Crippen molar-refractivity contribution in [2.45, 2.75) is 43.9 Å². The van der Waals surface area contributed by atoms with Crippen LogP contribution in [0.1, 0.15) is 43.6 Å². The Morgan fingerprint density at radius 1 is 1.28 bits per heavy atom. The van der Waals surface area contributed by atoms with Crippen LogP contribution in [0.2, 0.25) is 0 Å². The highest BCUT2D eigenvalue weighted by atomic mass is 19.3. The number of nitrogens with two attached hydrogens (primary N) is 1. The van der Waals surface area contributed by atoms with Crippen LogP contribution in [0.4, 0.5) is 8.78 Å². The van der Waals surface area contributed by atoms with Crippen LogP contribution >= 0.6 is 0 Å². The zero-order valence-corrected chi connectivity index (χ0v) is 10.6. The Morgan fingerprint density at radius 2 is 2.00 bits per heavy atom. The number of benzene rings is 1. The third-order valence-electron chi connectivity index (χ3n) is 3.98. The molecule has 0 radical (unpaired) electrons. The van der Waals surface area contributed by atoms with Gasteiger partial charge in [-0.15, -0.1) is 0 Å². The van der Waals surface area contributed by atoms with E-state index in [2.05, 4.69) is 12.1 Å². The minimum atomic E-state index is -2.42. The first-order chi connectivity index (χ1) is 8.61. The molecule has 2 atom stereocenters. The van der Waals surface area contributed by atoms with Crippen molar-refractivity contribution < 1.29 is 8.78 Å². The molecule has 1 fully saturated rings. The molecule has 3 heteroatoms. The zero-order chi connectivity index (χ0) is 13.0. The highest BCUT2D eigenvalue weighted by Gasteiger charge is 2.39. The van der Waals surface area contributed by atoms with Gasteiger partial charge in [0, 0.05) is 12.8 Å². The molecule has 0 bridgehead atoms. The quantitative estimate of drug-likeness (QED) is 0.845. The fourth-order valence-electron chi connectivity index (χ4n) is 2.87. The first kappa shape index (κ1) is 13.5. The average Bonchev–Trinajstić information content (AvgIpc) is 2.71. The van der Waals surface area contributed by atoms with Crippen molar-refractivity contribution in [3.8, 4) is 0 Å². The molecule has 0 aliphatic heterocycles. The van der Waals surface area contributed by atoms with E-state index in [-0.39, 0.29) is 18.8 Å². The molecule has 0 heterocycles. The van der Waals surface area contributed by atoms with Crippen molar-refractivity contribution in [2.75, 3.05) is 6.54 Å². The van der Waals surface area contributed by atoms with Crippen LogP contribution in [0.25, 0.3) is 0 Å². The molecule has 1 saturated carbocycles. The third-order valence-corrected chi connectivity index (χ3v) is 3.98. The molecule has 1 aliphatic carbocycles. The fourth-order valence-corrected chi connectivity index (χ4v) is 2.87. The predicted octanol–water partition coefficient (Wildman–Crippen LogP) is 3.94. The Hall–Kier alpha value is -0.960. The maximum atomic E-state index is 13.1. The van der Waals surface area contributed by atoms with Crippen molar-refractivity contribution in [1.82, 2.24) is 0 Å². The second-order valence-electron chi connectivity index (χ2n) is 5.39. The lowest BCUT2D eigenvalue weighted by atomic mass is 9.90. The van der Waals surface area contributed by atoms with E-state index in [1.165, 1.54) is 5.56 Å². The van der Waals surface area contributed by atoms with Crippen LogP contribution in [0.3, 0.4) is 0 Å². The molecule has 1 aromatic rings. The van der Waals surface area contributed by atoms with Gasteiger partial charge < -0.3 is 5.73 Å². The first-order valence-electron chi connectivity index (χ1n) is 6.73. The molecule has 0 amide bonds. The lowest BCUT2D eigenvalue weighted by Gasteiger charge is -2.17. The first-order valence-corrected chi connectivity index (χ1v) is 6.73. The lowest BCUT2D eigenvalue weighted by Crippen LogP contribution is -2.14. The van der Waals surface area contributed by atoms with Gasteiger partial charge in [-0.05, 0) is 43.2 Å². The summed E-state index contributed by atoms with van der Waals surface area (Å²) in [5.41, 5.74) is 7.02. The molecule has 2 N–H and O–H groups in total. The number of rotatable bonds is 5. The smallest absolute Gasteiger partial charge is 0.248 e. The van der Waals surface area contributed by atoms with Crippen LogP contribution in [-0.4, -0.2) is 12.5 Å². The molecule has 2 rings (SSSR count). The second-order valence-corrected chi connectivity index (χ2v) is 5.39. The third kappa shape index (κ3) is 3.52. The fraction of sp³-hybridized carbons (Fsp3) is 0.600. The van der Waals surface area contributed by atoms with Crippen LogP contribution < -0.4 is 5.73 Å². The number of alkyl halides is 2. The molecule has 1 aromatic carbocycles.